The summed E-state index contributed by atoms with van der Waals surface area (Å²) in [7, 11) is 0. The van der Waals surface area contributed by atoms with Gasteiger partial charge in [-0.2, -0.15) is 0 Å². The second kappa shape index (κ2) is 11.1. The first-order valence-electron chi connectivity index (χ1n) is 17.1. The molecule has 0 aliphatic rings. The minimum atomic E-state index is 0.0897. The number of benzene rings is 6. The molecule has 0 bridgehead atoms. The second-order valence-corrected chi connectivity index (χ2v) is 15.3. The summed E-state index contributed by atoms with van der Waals surface area (Å²) in [5, 5.41) is 7.47. The predicted molar refractivity (Wildman–Crippen MR) is 214 cm³/mol. The Kier molecular flexibility index (Phi) is 6.23. The first kappa shape index (κ1) is 28.6. The molecular formula is C46H28N4Se. The van der Waals surface area contributed by atoms with E-state index >= 15 is 0 Å². The van der Waals surface area contributed by atoms with Crippen molar-refractivity contribution in [1.29, 1.82) is 0 Å². The molecule has 11 aromatic rings. The van der Waals surface area contributed by atoms with E-state index in [0.717, 1.165) is 11.3 Å². The number of hydrogen-bond acceptors (Lipinski definition) is 2. The first-order valence-corrected chi connectivity index (χ1v) is 18.9. The summed E-state index contributed by atoms with van der Waals surface area (Å²) in [5.74, 6) is 0. The van der Waals surface area contributed by atoms with Gasteiger partial charge in [0.05, 0.1) is 0 Å². The monoisotopic (exact) mass is 716 g/mol. The standard InChI is InChI=1S/C46H28N4Se/c1-3-11-31(12-4-1)49-40-17-9-7-15-33(40)35-23-29(19-21-42(35)49)37-25-48-28-44-45(37)39-27-47-26-38(46(39)51-44)30-20-22-43-36(24-30)34-16-8-10-18-41(34)50(43)32-13-5-2-6-14-32/h1-28H. The van der Waals surface area contributed by atoms with Crippen LogP contribution in [0.5, 0.6) is 0 Å². The molecule has 5 aromatic heterocycles. The van der Waals surface area contributed by atoms with Crippen LogP contribution in [-0.2, 0) is 0 Å². The number of nitrogens with zero attached hydrogens (tertiary/aromatic N) is 4. The van der Waals surface area contributed by atoms with Gasteiger partial charge in [0, 0.05) is 0 Å². The van der Waals surface area contributed by atoms with Gasteiger partial charge < -0.3 is 0 Å². The molecule has 0 saturated heterocycles. The van der Waals surface area contributed by atoms with Crippen LogP contribution in [0.25, 0.3) is 96.5 Å². The zero-order valence-corrected chi connectivity index (χ0v) is 29.1. The van der Waals surface area contributed by atoms with Crippen LogP contribution in [0.2, 0.25) is 0 Å². The van der Waals surface area contributed by atoms with Gasteiger partial charge in [-0.1, -0.05) is 0 Å². The zero-order valence-electron chi connectivity index (χ0n) is 27.4. The molecule has 0 radical (unpaired) electrons. The average Bonchev–Trinajstić information content (AvgIpc) is 3.86. The van der Waals surface area contributed by atoms with Crippen LogP contribution >= 0.6 is 0 Å². The number of fused-ring (bicyclic) bond motifs is 9. The normalized spacial score (nSPS) is 11.9. The van der Waals surface area contributed by atoms with Crippen molar-refractivity contribution in [2.24, 2.45) is 0 Å². The van der Waals surface area contributed by atoms with E-state index in [1.165, 1.54) is 85.3 Å². The van der Waals surface area contributed by atoms with E-state index in [4.69, 9.17) is 9.97 Å². The zero-order chi connectivity index (χ0) is 33.5. The predicted octanol–water partition coefficient (Wildman–Crippen LogP) is 11.4. The van der Waals surface area contributed by atoms with Gasteiger partial charge in [0.15, 0.2) is 0 Å². The number of rotatable bonds is 4. The molecule has 0 fully saturated rings. The van der Waals surface area contributed by atoms with Crippen LogP contribution in [0.3, 0.4) is 0 Å². The summed E-state index contributed by atoms with van der Waals surface area (Å²) < 4.78 is 7.41. The molecule has 51 heavy (non-hydrogen) atoms. The molecule has 0 atom stereocenters. The quantitative estimate of drug-likeness (QED) is 0.170. The van der Waals surface area contributed by atoms with Gasteiger partial charge in [-0.25, -0.2) is 0 Å². The van der Waals surface area contributed by atoms with Gasteiger partial charge in [-0.3, -0.25) is 0 Å². The summed E-state index contributed by atoms with van der Waals surface area (Å²) in [4.78, 5) is 9.68. The molecule has 6 aromatic carbocycles. The van der Waals surface area contributed by atoms with E-state index in [-0.39, 0.29) is 14.5 Å². The first-order chi connectivity index (χ1) is 25.3. The van der Waals surface area contributed by atoms with Crippen molar-refractivity contribution < 1.29 is 0 Å². The van der Waals surface area contributed by atoms with Crippen LogP contribution in [-0.4, -0.2) is 33.6 Å². The minimum absolute atomic E-state index is 0.0897. The van der Waals surface area contributed by atoms with Gasteiger partial charge in [0.25, 0.3) is 0 Å². The fourth-order valence-corrected chi connectivity index (χ4v) is 10.6. The molecule has 5 heteroatoms. The number of para-hydroxylation sites is 4. The van der Waals surface area contributed by atoms with E-state index in [1.54, 1.807) is 0 Å². The van der Waals surface area contributed by atoms with Crippen LogP contribution in [0.1, 0.15) is 0 Å². The van der Waals surface area contributed by atoms with Crippen LogP contribution in [0.4, 0.5) is 0 Å². The Morgan fingerprint density at radius 1 is 0.392 bits per heavy atom. The Morgan fingerprint density at radius 2 is 0.882 bits per heavy atom. The summed E-state index contributed by atoms with van der Waals surface area (Å²) in [6.45, 7) is 0. The maximum atomic E-state index is 4.87. The molecule has 5 heterocycles. The van der Waals surface area contributed by atoms with Gasteiger partial charge in [0.2, 0.25) is 0 Å². The number of aromatic nitrogens is 4. The number of hydrogen-bond donors (Lipinski definition) is 0. The summed E-state index contributed by atoms with van der Waals surface area (Å²) in [6.07, 6.45) is 8.23. The Balaban J connectivity index is 1.10. The van der Waals surface area contributed by atoms with Crippen LogP contribution in [0, 0.1) is 0 Å². The molecule has 0 saturated carbocycles. The maximum absolute atomic E-state index is 4.87. The van der Waals surface area contributed by atoms with E-state index in [2.05, 4.69) is 173 Å². The third-order valence-electron chi connectivity index (χ3n) is 10.3. The number of pyridine rings is 2. The molecule has 11 rings (SSSR count). The molecular weight excluding hydrogens is 687 g/mol. The molecule has 238 valence electrons. The van der Waals surface area contributed by atoms with Crippen molar-refractivity contribution in [2.45, 2.75) is 0 Å². The van der Waals surface area contributed by atoms with Gasteiger partial charge >= 0.3 is 301 Å². The van der Waals surface area contributed by atoms with E-state index in [0.29, 0.717) is 0 Å². The van der Waals surface area contributed by atoms with Gasteiger partial charge in [0.1, 0.15) is 0 Å². The Morgan fingerprint density at radius 3 is 1.49 bits per heavy atom. The summed E-state index contributed by atoms with van der Waals surface area (Å²) >= 11 is 0.0897. The van der Waals surface area contributed by atoms with Crippen LogP contribution in [0.15, 0.2) is 170 Å². The molecule has 0 N–H and O–H groups in total. The van der Waals surface area contributed by atoms with E-state index in [9.17, 15) is 0 Å². The molecule has 0 spiro atoms. The topological polar surface area (TPSA) is 35.6 Å². The van der Waals surface area contributed by atoms with Crippen molar-refractivity contribution in [3.8, 4) is 33.6 Å². The van der Waals surface area contributed by atoms with E-state index in [1.807, 2.05) is 6.20 Å². The molecule has 0 aliphatic carbocycles. The summed E-state index contributed by atoms with van der Waals surface area (Å²) in [5.41, 5.74) is 11.9. The molecule has 4 nitrogen and oxygen atoms in total. The molecule has 0 amide bonds. The Labute approximate surface area is 299 Å². The Bertz CT molecular complexity index is 3130. The fraction of sp³-hybridized carbons (Fsp3) is 0. The summed E-state index contributed by atoms with van der Waals surface area (Å²) in [6, 6.07) is 52.5. The SMILES string of the molecule is c1ccc(-n2c3ccccc3c3cc(-c4cncc5c4[se]c4cncc(-c6ccc7c(c6)c6ccccc6n7-c6ccccc6)c45)ccc32)cc1. The second-order valence-electron chi connectivity index (χ2n) is 13.1. The molecule has 0 unspecified atom stereocenters. The van der Waals surface area contributed by atoms with Gasteiger partial charge in [-0.15, -0.1) is 0 Å². The average molecular weight is 716 g/mol. The van der Waals surface area contributed by atoms with Crippen LogP contribution < -0.4 is 0 Å². The van der Waals surface area contributed by atoms with Crippen molar-refractivity contribution in [2.75, 3.05) is 0 Å². The van der Waals surface area contributed by atoms with E-state index < -0.39 is 0 Å². The molecule has 0 aliphatic heterocycles. The third kappa shape index (κ3) is 4.26. The Hall–Kier alpha value is -6.26. The van der Waals surface area contributed by atoms with Crippen molar-refractivity contribution in [3.63, 3.8) is 0 Å². The van der Waals surface area contributed by atoms with Crippen molar-refractivity contribution >= 4 is 77.4 Å². The fourth-order valence-electron chi connectivity index (χ4n) is 8.06. The van der Waals surface area contributed by atoms with Crippen molar-refractivity contribution in [1.82, 2.24) is 19.1 Å². The third-order valence-corrected chi connectivity index (χ3v) is 12.7. The van der Waals surface area contributed by atoms with Gasteiger partial charge in [-0.05, 0) is 0 Å². The van der Waals surface area contributed by atoms with Crippen molar-refractivity contribution in [3.05, 3.63) is 170 Å².